The highest BCUT2D eigenvalue weighted by atomic mass is 16.5. The lowest BCUT2D eigenvalue weighted by atomic mass is 10.1. The van der Waals surface area contributed by atoms with Crippen molar-refractivity contribution >= 4 is 23.6 Å². The molecule has 1 aromatic carbocycles. The van der Waals surface area contributed by atoms with Gasteiger partial charge in [-0.15, -0.1) is 0 Å². The monoisotopic (exact) mass is 359 g/mol. The van der Waals surface area contributed by atoms with E-state index in [-0.39, 0.29) is 33.9 Å². The van der Waals surface area contributed by atoms with Gasteiger partial charge in [-0.25, -0.2) is 4.79 Å². The van der Waals surface area contributed by atoms with Gasteiger partial charge in [0.1, 0.15) is 5.82 Å². The fraction of sp³-hybridized carbons (Fsp3) is 0.125. The zero-order chi connectivity index (χ0) is 19.2. The second-order valence-electron chi connectivity index (χ2n) is 5.31. The van der Waals surface area contributed by atoms with Crippen LogP contribution in [0.2, 0.25) is 0 Å². The van der Waals surface area contributed by atoms with Crippen LogP contribution < -0.4 is 21.3 Å². The number of phenolic OH excluding ortho intramolecular Hbond substituents is 1. The Labute approximate surface area is 145 Å². The lowest BCUT2D eigenvalue weighted by molar-refractivity contribution is 0.0599. The van der Waals surface area contributed by atoms with Crippen molar-refractivity contribution in [1.82, 2.24) is 9.88 Å². The molecule has 3 rings (SSSR count). The number of nitrogen functional groups attached to an aromatic ring is 1. The maximum atomic E-state index is 12.5. The number of benzene rings is 1. The molecule has 134 valence electrons. The topological polar surface area (TPSA) is 150 Å². The molecule has 2 amide bonds. The van der Waals surface area contributed by atoms with Gasteiger partial charge in [-0.3, -0.25) is 24.3 Å². The maximum absolute atomic E-state index is 12.5. The largest absolute Gasteiger partial charge is 0.503 e. The average molecular weight is 359 g/mol. The molecule has 0 bridgehead atoms. The van der Waals surface area contributed by atoms with Crippen molar-refractivity contribution in [3.63, 3.8) is 0 Å². The Morgan fingerprint density at radius 3 is 2.46 bits per heavy atom. The summed E-state index contributed by atoms with van der Waals surface area (Å²) in [5.41, 5.74) is 4.54. The number of carbonyl (C=O) groups excluding carboxylic acids is 3. The van der Waals surface area contributed by atoms with Crippen LogP contribution >= 0.6 is 0 Å². The van der Waals surface area contributed by atoms with Crippen LogP contribution in [-0.4, -0.2) is 41.7 Å². The molecule has 0 spiro atoms. The van der Waals surface area contributed by atoms with Gasteiger partial charge >= 0.3 is 5.97 Å². The van der Waals surface area contributed by atoms with Crippen LogP contribution in [0.1, 0.15) is 31.1 Å². The SMILES string of the molecule is COC(=O)c1cc(OC)c(O)c(-n2c(N)c3c(cc2=O)C(=O)NC3=O)c1. The average Bonchev–Trinajstić information content (AvgIpc) is 2.89. The third kappa shape index (κ3) is 2.35. The van der Waals surface area contributed by atoms with Gasteiger partial charge in [0.15, 0.2) is 11.5 Å². The van der Waals surface area contributed by atoms with Gasteiger partial charge in [0.05, 0.1) is 36.6 Å². The van der Waals surface area contributed by atoms with E-state index in [4.69, 9.17) is 10.5 Å². The minimum absolute atomic E-state index is 0.0236. The summed E-state index contributed by atoms with van der Waals surface area (Å²) in [6.45, 7) is 0. The summed E-state index contributed by atoms with van der Waals surface area (Å²) in [6, 6.07) is 3.29. The number of hydrogen-bond donors (Lipinski definition) is 3. The van der Waals surface area contributed by atoms with Crippen LogP contribution in [0.5, 0.6) is 11.5 Å². The number of phenols is 1. The van der Waals surface area contributed by atoms with Crippen LogP contribution in [-0.2, 0) is 4.74 Å². The van der Waals surface area contributed by atoms with Crippen molar-refractivity contribution in [3.8, 4) is 17.2 Å². The predicted molar refractivity (Wildman–Crippen MR) is 87.8 cm³/mol. The van der Waals surface area contributed by atoms with Gasteiger partial charge in [0.25, 0.3) is 17.4 Å². The molecule has 10 heteroatoms. The van der Waals surface area contributed by atoms with Crippen molar-refractivity contribution in [2.75, 3.05) is 20.0 Å². The summed E-state index contributed by atoms with van der Waals surface area (Å²) in [5.74, 6) is -3.23. The molecule has 0 unspecified atom stereocenters. The number of pyridine rings is 1. The summed E-state index contributed by atoms with van der Waals surface area (Å²) >= 11 is 0. The Bertz CT molecular complexity index is 1040. The zero-order valence-corrected chi connectivity index (χ0v) is 13.7. The van der Waals surface area contributed by atoms with Crippen molar-refractivity contribution in [1.29, 1.82) is 0 Å². The van der Waals surface area contributed by atoms with E-state index in [1.54, 1.807) is 0 Å². The maximum Gasteiger partial charge on any atom is 0.338 e. The molecule has 10 nitrogen and oxygen atoms in total. The standard InChI is InChI=1S/C16H13N3O7/c1-25-9-4-6(16(24)26-2)3-8(12(9)21)19-10(20)5-7-11(13(19)17)15(23)18-14(7)22/h3-5,21H,17H2,1-2H3,(H,18,22,23). The van der Waals surface area contributed by atoms with Crippen LogP contribution in [0, 0.1) is 0 Å². The molecule has 0 saturated carbocycles. The molecule has 1 aromatic heterocycles. The third-order valence-electron chi connectivity index (χ3n) is 3.89. The van der Waals surface area contributed by atoms with E-state index in [0.29, 0.717) is 0 Å². The summed E-state index contributed by atoms with van der Waals surface area (Å²) in [4.78, 5) is 48.0. The molecule has 26 heavy (non-hydrogen) atoms. The summed E-state index contributed by atoms with van der Waals surface area (Å²) in [5, 5.41) is 12.4. The molecule has 0 atom stereocenters. The fourth-order valence-corrected chi connectivity index (χ4v) is 2.68. The van der Waals surface area contributed by atoms with Gasteiger partial charge in [0, 0.05) is 6.07 Å². The first-order valence-electron chi connectivity index (χ1n) is 7.21. The van der Waals surface area contributed by atoms with Crippen molar-refractivity contribution in [2.45, 2.75) is 0 Å². The number of aromatic hydroxyl groups is 1. The molecule has 0 aliphatic carbocycles. The molecule has 0 radical (unpaired) electrons. The quantitative estimate of drug-likeness (QED) is 0.504. The van der Waals surface area contributed by atoms with E-state index in [9.17, 15) is 24.3 Å². The number of aromatic nitrogens is 1. The normalized spacial score (nSPS) is 12.5. The van der Waals surface area contributed by atoms with Gasteiger partial charge in [-0.05, 0) is 12.1 Å². The second-order valence-corrected chi connectivity index (χ2v) is 5.31. The molecule has 1 aliphatic heterocycles. The Kier molecular flexibility index (Phi) is 3.87. The number of rotatable bonds is 3. The van der Waals surface area contributed by atoms with Crippen LogP contribution in [0.15, 0.2) is 23.0 Å². The zero-order valence-electron chi connectivity index (χ0n) is 13.7. The number of nitrogens with one attached hydrogen (secondary N) is 1. The first-order valence-corrected chi connectivity index (χ1v) is 7.21. The second kappa shape index (κ2) is 5.92. The van der Waals surface area contributed by atoms with Gasteiger partial charge in [0.2, 0.25) is 0 Å². The Hall–Kier alpha value is -3.82. The smallest absolute Gasteiger partial charge is 0.338 e. The Morgan fingerprint density at radius 1 is 1.15 bits per heavy atom. The van der Waals surface area contributed by atoms with Crippen LogP contribution in [0.4, 0.5) is 5.82 Å². The first kappa shape index (κ1) is 17.0. The van der Waals surface area contributed by atoms with E-state index >= 15 is 0 Å². The Morgan fingerprint density at radius 2 is 1.85 bits per heavy atom. The first-order chi connectivity index (χ1) is 12.3. The van der Waals surface area contributed by atoms with Gasteiger partial charge in [-0.2, -0.15) is 0 Å². The molecular formula is C16H13N3O7. The van der Waals surface area contributed by atoms with Crippen molar-refractivity contribution in [2.24, 2.45) is 0 Å². The Balaban J connectivity index is 2.36. The summed E-state index contributed by atoms with van der Waals surface area (Å²) in [6.07, 6.45) is 0. The molecule has 2 heterocycles. The highest BCUT2D eigenvalue weighted by Crippen LogP contribution is 2.35. The highest BCUT2D eigenvalue weighted by molar-refractivity contribution is 6.23. The number of hydrogen-bond acceptors (Lipinski definition) is 8. The number of nitrogens with two attached hydrogens (primary N) is 1. The minimum Gasteiger partial charge on any atom is -0.503 e. The lowest BCUT2D eigenvalue weighted by Crippen LogP contribution is -2.24. The predicted octanol–water partition coefficient (Wildman–Crippen LogP) is -0.196. The van der Waals surface area contributed by atoms with E-state index < -0.39 is 29.1 Å². The van der Waals surface area contributed by atoms with E-state index in [0.717, 1.165) is 23.8 Å². The van der Waals surface area contributed by atoms with Crippen LogP contribution in [0.3, 0.4) is 0 Å². The highest BCUT2D eigenvalue weighted by Gasteiger charge is 2.32. The van der Waals surface area contributed by atoms with Gasteiger partial charge in [-0.1, -0.05) is 0 Å². The van der Waals surface area contributed by atoms with Crippen molar-refractivity contribution < 1.29 is 29.0 Å². The number of ether oxygens (including phenoxy) is 2. The molecule has 2 aromatic rings. The third-order valence-corrected chi connectivity index (χ3v) is 3.89. The minimum atomic E-state index is -0.787. The summed E-state index contributed by atoms with van der Waals surface area (Å²) in [7, 11) is 2.41. The molecule has 0 saturated heterocycles. The number of carbonyl (C=O) groups is 3. The summed E-state index contributed by atoms with van der Waals surface area (Å²) < 4.78 is 10.4. The number of esters is 1. The van der Waals surface area contributed by atoms with Gasteiger partial charge < -0.3 is 20.3 Å². The lowest BCUT2D eigenvalue weighted by Gasteiger charge is -2.16. The number of anilines is 1. The fourth-order valence-electron chi connectivity index (χ4n) is 2.68. The number of fused-ring (bicyclic) bond motifs is 1. The number of amides is 2. The molecule has 1 aliphatic rings. The number of imide groups is 1. The van der Waals surface area contributed by atoms with E-state index in [1.807, 2.05) is 5.32 Å². The van der Waals surface area contributed by atoms with Crippen LogP contribution in [0.25, 0.3) is 5.69 Å². The number of nitrogens with zero attached hydrogens (tertiary/aromatic N) is 1. The molecule has 4 N–H and O–H groups in total. The van der Waals surface area contributed by atoms with E-state index in [2.05, 4.69) is 4.74 Å². The molecular weight excluding hydrogens is 346 g/mol. The number of methoxy groups -OCH3 is 2. The molecule has 0 fully saturated rings. The van der Waals surface area contributed by atoms with E-state index in [1.165, 1.54) is 13.2 Å². The van der Waals surface area contributed by atoms with Crippen molar-refractivity contribution in [3.05, 3.63) is 45.2 Å².